The van der Waals surface area contributed by atoms with E-state index < -0.39 is 10.0 Å². The Balaban J connectivity index is 3.17. The van der Waals surface area contributed by atoms with E-state index in [1.807, 2.05) is 6.92 Å². The second kappa shape index (κ2) is 6.64. The number of rotatable bonds is 7. The maximum absolute atomic E-state index is 12.4. The molecule has 0 atom stereocenters. The summed E-state index contributed by atoms with van der Waals surface area (Å²) in [7, 11) is -3.70. The lowest BCUT2D eigenvalue weighted by molar-refractivity contribution is 0.253. The molecule has 1 aromatic heterocycles. The lowest BCUT2D eigenvalue weighted by Gasteiger charge is -2.21. The van der Waals surface area contributed by atoms with Crippen LogP contribution in [0.1, 0.15) is 13.3 Å². The molecule has 0 unspecified atom stereocenters. The second-order valence-electron chi connectivity index (χ2n) is 3.62. The predicted molar refractivity (Wildman–Crippen MR) is 68.2 cm³/mol. The fraction of sp³-hybridized carbons (Fsp3) is 0.500. The molecule has 1 aromatic rings. The number of sulfonamides is 1. The zero-order valence-corrected chi connectivity index (χ0v) is 11.0. The van der Waals surface area contributed by atoms with Gasteiger partial charge in [-0.3, -0.25) is 0 Å². The number of nitrogens with two attached hydrogens (primary N) is 1. The van der Waals surface area contributed by atoms with Crippen molar-refractivity contribution >= 4 is 15.8 Å². The molecule has 0 saturated carbocycles. The van der Waals surface area contributed by atoms with Crippen LogP contribution in [0.4, 0.5) is 5.82 Å². The lowest BCUT2D eigenvalue weighted by atomic mass is 10.5. The number of aromatic nitrogens is 1. The monoisotopic (exact) mass is 274 g/mol. The minimum atomic E-state index is -3.70. The van der Waals surface area contributed by atoms with Gasteiger partial charge in [0.05, 0.1) is 6.61 Å². The minimum Gasteiger partial charge on any atom is -0.395 e. The molecule has 7 nitrogen and oxygen atoms in total. The third-order valence-electron chi connectivity index (χ3n) is 2.35. The first kappa shape index (κ1) is 14.8. The first-order valence-electron chi connectivity index (χ1n) is 5.60. The van der Waals surface area contributed by atoms with Crippen molar-refractivity contribution in [2.24, 2.45) is 5.84 Å². The molecule has 18 heavy (non-hydrogen) atoms. The van der Waals surface area contributed by atoms with Crippen molar-refractivity contribution in [1.29, 1.82) is 0 Å². The average Bonchev–Trinajstić information content (AvgIpc) is 2.38. The van der Waals surface area contributed by atoms with Crippen LogP contribution in [0.25, 0.3) is 0 Å². The highest BCUT2D eigenvalue weighted by Crippen LogP contribution is 2.21. The van der Waals surface area contributed by atoms with Gasteiger partial charge in [-0.05, 0) is 18.6 Å². The van der Waals surface area contributed by atoms with Gasteiger partial charge in [0.2, 0.25) is 10.0 Å². The summed E-state index contributed by atoms with van der Waals surface area (Å²) >= 11 is 0. The van der Waals surface area contributed by atoms with Crippen LogP contribution in [0.5, 0.6) is 0 Å². The number of anilines is 1. The molecular formula is C10H18N4O3S. The summed E-state index contributed by atoms with van der Waals surface area (Å²) in [4.78, 5) is 3.87. The Bertz CT molecular complexity index is 472. The van der Waals surface area contributed by atoms with E-state index in [-0.39, 0.29) is 23.9 Å². The number of pyridine rings is 1. The fourth-order valence-electron chi connectivity index (χ4n) is 1.56. The van der Waals surface area contributed by atoms with E-state index >= 15 is 0 Å². The largest absolute Gasteiger partial charge is 0.395 e. The van der Waals surface area contributed by atoms with Crippen molar-refractivity contribution in [2.75, 3.05) is 25.1 Å². The smallest absolute Gasteiger partial charge is 0.246 e. The van der Waals surface area contributed by atoms with Gasteiger partial charge in [-0.25, -0.2) is 19.2 Å². The van der Waals surface area contributed by atoms with Crippen LogP contribution in [-0.2, 0) is 10.0 Å². The summed E-state index contributed by atoms with van der Waals surface area (Å²) in [5.41, 5.74) is 2.26. The van der Waals surface area contributed by atoms with E-state index in [1.165, 1.54) is 22.6 Å². The molecule has 102 valence electrons. The van der Waals surface area contributed by atoms with Crippen molar-refractivity contribution in [3.63, 3.8) is 0 Å². The molecule has 0 fully saturated rings. The Kier molecular flexibility index (Phi) is 5.48. The number of nitrogens with zero attached hydrogens (tertiary/aromatic N) is 2. The van der Waals surface area contributed by atoms with Crippen LogP contribution in [0.15, 0.2) is 23.2 Å². The lowest BCUT2D eigenvalue weighted by Crippen LogP contribution is -2.35. The third kappa shape index (κ3) is 3.16. The molecule has 0 aliphatic rings. The van der Waals surface area contributed by atoms with Crippen LogP contribution in [-0.4, -0.2) is 42.5 Å². The zero-order valence-electron chi connectivity index (χ0n) is 10.2. The van der Waals surface area contributed by atoms with Crippen molar-refractivity contribution in [1.82, 2.24) is 9.29 Å². The molecule has 0 radical (unpaired) electrons. The molecule has 0 aliphatic carbocycles. The molecule has 0 spiro atoms. The maximum atomic E-state index is 12.4. The third-order valence-corrected chi connectivity index (χ3v) is 4.28. The van der Waals surface area contributed by atoms with Gasteiger partial charge in [-0.1, -0.05) is 6.92 Å². The van der Waals surface area contributed by atoms with Crippen LogP contribution in [0.2, 0.25) is 0 Å². The van der Waals surface area contributed by atoms with Gasteiger partial charge in [-0.15, -0.1) is 0 Å². The maximum Gasteiger partial charge on any atom is 0.246 e. The quantitative estimate of drug-likeness (QED) is 0.468. The Morgan fingerprint density at radius 2 is 2.22 bits per heavy atom. The topological polar surface area (TPSA) is 109 Å². The number of aliphatic hydroxyl groups excluding tert-OH is 1. The van der Waals surface area contributed by atoms with E-state index in [2.05, 4.69) is 10.4 Å². The number of hydrazine groups is 1. The minimum absolute atomic E-state index is 0.00870. The Morgan fingerprint density at radius 3 is 2.78 bits per heavy atom. The first-order valence-corrected chi connectivity index (χ1v) is 7.04. The molecular weight excluding hydrogens is 256 g/mol. The molecule has 0 amide bonds. The molecule has 0 aromatic carbocycles. The standard InChI is InChI=1S/C10H18N4O3S/c1-2-6-14(7-8-15)18(16,17)9-4-3-5-12-10(9)13-11/h3-5,15H,2,6-8,11H2,1H3,(H,12,13). The van der Waals surface area contributed by atoms with Gasteiger partial charge in [0.15, 0.2) is 5.82 Å². The van der Waals surface area contributed by atoms with Crippen LogP contribution < -0.4 is 11.3 Å². The van der Waals surface area contributed by atoms with E-state index in [1.54, 1.807) is 0 Å². The Hall–Kier alpha value is -1.22. The van der Waals surface area contributed by atoms with E-state index in [4.69, 9.17) is 10.9 Å². The molecule has 8 heteroatoms. The Labute approximate surface area is 107 Å². The van der Waals surface area contributed by atoms with Gasteiger partial charge >= 0.3 is 0 Å². The molecule has 1 rings (SSSR count). The highest BCUT2D eigenvalue weighted by atomic mass is 32.2. The second-order valence-corrected chi connectivity index (χ2v) is 5.53. The van der Waals surface area contributed by atoms with E-state index in [0.29, 0.717) is 13.0 Å². The van der Waals surface area contributed by atoms with Crippen molar-refractivity contribution in [2.45, 2.75) is 18.2 Å². The SMILES string of the molecule is CCCN(CCO)S(=O)(=O)c1cccnc1NN. The molecule has 4 N–H and O–H groups in total. The number of hydrogen-bond donors (Lipinski definition) is 3. The number of aliphatic hydroxyl groups is 1. The van der Waals surface area contributed by atoms with Crippen LogP contribution >= 0.6 is 0 Å². The zero-order chi connectivity index (χ0) is 13.6. The van der Waals surface area contributed by atoms with E-state index in [0.717, 1.165) is 0 Å². The van der Waals surface area contributed by atoms with E-state index in [9.17, 15) is 8.42 Å². The number of nitrogens with one attached hydrogen (secondary N) is 1. The summed E-state index contributed by atoms with van der Waals surface area (Å²) in [6.45, 7) is 2.02. The fourth-order valence-corrected chi connectivity index (χ4v) is 3.19. The number of hydrogen-bond acceptors (Lipinski definition) is 6. The number of nitrogen functional groups attached to an aromatic ring is 1. The summed E-state index contributed by atoms with van der Waals surface area (Å²) in [6, 6.07) is 2.95. The van der Waals surface area contributed by atoms with Gasteiger partial charge in [-0.2, -0.15) is 4.31 Å². The Morgan fingerprint density at radius 1 is 1.50 bits per heavy atom. The van der Waals surface area contributed by atoms with Gasteiger partial charge in [0, 0.05) is 19.3 Å². The van der Waals surface area contributed by atoms with Crippen LogP contribution in [0.3, 0.4) is 0 Å². The molecule has 0 saturated heterocycles. The van der Waals surface area contributed by atoms with Gasteiger partial charge in [0.1, 0.15) is 4.90 Å². The highest BCUT2D eigenvalue weighted by Gasteiger charge is 2.26. The summed E-state index contributed by atoms with van der Waals surface area (Å²) in [6.07, 6.45) is 2.11. The molecule has 0 bridgehead atoms. The predicted octanol–water partition coefficient (Wildman–Crippen LogP) is -0.240. The van der Waals surface area contributed by atoms with Crippen molar-refractivity contribution in [3.05, 3.63) is 18.3 Å². The summed E-state index contributed by atoms with van der Waals surface area (Å²) < 4.78 is 26.0. The first-order chi connectivity index (χ1) is 8.57. The normalized spacial score (nSPS) is 11.8. The van der Waals surface area contributed by atoms with Crippen molar-refractivity contribution in [3.8, 4) is 0 Å². The van der Waals surface area contributed by atoms with Gasteiger partial charge < -0.3 is 10.5 Å². The average molecular weight is 274 g/mol. The highest BCUT2D eigenvalue weighted by molar-refractivity contribution is 7.89. The summed E-state index contributed by atoms with van der Waals surface area (Å²) in [5.74, 6) is 5.34. The van der Waals surface area contributed by atoms with Gasteiger partial charge in [0.25, 0.3) is 0 Å². The molecule has 0 aliphatic heterocycles. The summed E-state index contributed by atoms with van der Waals surface area (Å²) in [5, 5.41) is 8.94. The van der Waals surface area contributed by atoms with Crippen LogP contribution in [0, 0.1) is 0 Å². The van der Waals surface area contributed by atoms with Crippen molar-refractivity contribution < 1.29 is 13.5 Å². The molecule has 1 heterocycles.